The fourth-order valence-electron chi connectivity index (χ4n) is 2.05. The molecular formula is C13H13ClN2O3. The summed E-state index contributed by atoms with van der Waals surface area (Å²) in [4.78, 5) is 14.5. The minimum atomic E-state index is -0.402. The van der Waals surface area contributed by atoms with Gasteiger partial charge in [0, 0.05) is 25.6 Å². The zero-order valence-electron chi connectivity index (χ0n) is 10.4. The first-order chi connectivity index (χ1) is 9.13. The Balaban J connectivity index is 2.46. The first-order valence-electron chi connectivity index (χ1n) is 5.76. The maximum Gasteiger partial charge on any atom is 0.278 e. The molecule has 0 amide bonds. The van der Waals surface area contributed by atoms with Crippen LogP contribution < -0.4 is 0 Å². The van der Waals surface area contributed by atoms with E-state index >= 15 is 0 Å². The Morgan fingerprint density at radius 1 is 1.42 bits per heavy atom. The van der Waals surface area contributed by atoms with Crippen molar-refractivity contribution in [3.05, 3.63) is 46.3 Å². The van der Waals surface area contributed by atoms with Crippen LogP contribution in [0.1, 0.15) is 5.56 Å². The number of fused-ring (bicyclic) bond motifs is 1. The molecule has 0 bridgehead atoms. The molecule has 1 aromatic heterocycles. The molecule has 0 saturated heterocycles. The predicted molar refractivity (Wildman–Crippen MR) is 73.6 cm³/mol. The average Bonchev–Trinajstić information content (AvgIpc) is 2.39. The van der Waals surface area contributed by atoms with Crippen molar-refractivity contribution >= 4 is 28.1 Å². The summed E-state index contributed by atoms with van der Waals surface area (Å²) in [6.45, 7) is 0.436. The van der Waals surface area contributed by atoms with E-state index in [1.165, 1.54) is 12.3 Å². The van der Waals surface area contributed by atoms with Crippen LogP contribution in [0.5, 0.6) is 0 Å². The van der Waals surface area contributed by atoms with Crippen molar-refractivity contribution in [1.29, 1.82) is 0 Å². The minimum absolute atomic E-state index is 0.0599. The number of ether oxygens (including phenoxy) is 1. The lowest BCUT2D eigenvalue weighted by molar-refractivity contribution is -0.383. The lowest BCUT2D eigenvalue weighted by Crippen LogP contribution is -2.11. The van der Waals surface area contributed by atoms with Crippen molar-refractivity contribution in [3.63, 3.8) is 0 Å². The van der Waals surface area contributed by atoms with E-state index in [1.807, 2.05) is 0 Å². The normalized spacial score (nSPS) is 12.5. The van der Waals surface area contributed by atoms with Gasteiger partial charge in [0.1, 0.15) is 0 Å². The van der Waals surface area contributed by atoms with Gasteiger partial charge in [-0.1, -0.05) is 6.07 Å². The number of alkyl halides is 1. The summed E-state index contributed by atoms with van der Waals surface area (Å²) in [5.74, 6) is 0. The Kier molecular flexibility index (Phi) is 4.29. The van der Waals surface area contributed by atoms with Gasteiger partial charge in [-0.05, 0) is 23.4 Å². The second-order valence-electron chi connectivity index (χ2n) is 4.18. The Morgan fingerprint density at radius 3 is 2.89 bits per heavy atom. The zero-order chi connectivity index (χ0) is 13.8. The number of benzene rings is 1. The number of hydrogen-bond acceptors (Lipinski definition) is 4. The van der Waals surface area contributed by atoms with Crippen molar-refractivity contribution < 1.29 is 9.66 Å². The first kappa shape index (κ1) is 13.7. The van der Waals surface area contributed by atoms with Crippen molar-refractivity contribution in [2.45, 2.75) is 11.8 Å². The van der Waals surface area contributed by atoms with Gasteiger partial charge in [-0.15, -0.1) is 11.6 Å². The maximum atomic E-state index is 11.0. The SMILES string of the molecule is COCC(Cl)Cc1ccc([N+](=O)[O-])c2cnccc12. The number of aromatic nitrogens is 1. The molecule has 0 aliphatic heterocycles. The van der Waals surface area contributed by atoms with E-state index in [1.54, 1.807) is 25.4 Å². The van der Waals surface area contributed by atoms with Crippen LogP contribution in [0, 0.1) is 10.1 Å². The summed E-state index contributed by atoms with van der Waals surface area (Å²) in [5.41, 5.74) is 1.02. The van der Waals surface area contributed by atoms with Gasteiger partial charge in [-0.3, -0.25) is 15.1 Å². The molecule has 100 valence electrons. The monoisotopic (exact) mass is 280 g/mol. The summed E-state index contributed by atoms with van der Waals surface area (Å²) in [7, 11) is 1.59. The standard InChI is InChI=1S/C13H13ClN2O3/c1-19-8-10(14)6-9-2-3-13(16(17)18)12-7-15-5-4-11(9)12/h2-5,7,10H,6,8H2,1H3. The van der Waals surface area contributed by atoms with E-state index < -0.39 is 4.92 Å². The van der Waals surface area contributed by atoms with Crippen molar-refractivity contribution in [1.82, 2.24) is 4.98 Å². The van der Waals surface area contributed by atoms with E-state index in [0.717, 1.165) is 10.9 Å². The quantitative estimate of drug-likeness (QED) is 0.480. The number of nitro benzene ring substituents is 1. The number of pyridine rings is 1. The minimum Gasteiger partial charge on any atom is -0.383 e. The van der Waals surface area contributed by atoms with Crippen LogP contribution in [0.25, 0.3) is 10.8 Å². The second-order valence-corrected chi connectivity index (χ2v) is 4.80. The highest BCUT2D eigenvalue weighted by atomic mass is 35.5. The number of halogens is 1. The van der Waals surface area contributed by atoms with Crippen LogP contribution in [0.15, 0.2) is 30.6 Å². The molecular weight excluding hydrogens is 268 g/mol. The van der Waals surface area contributed by atoms with Crippen LogP contribution >= 0.6 is 11.6 Å². The topological polar surface area (TPSA) is 65.3 Å². The zero-order valence-corrected chi connectivity index (χ0v) is 11.1. The third kappa shape index (κ3) is 3.00. The molecule has 0 aliphatic rings. The average molecular weight is 281 g/mol. The van der Waals surface area contributed by atoms with Gasteiger partial charge in [0.2, 0.25) is 0 Å². The van der Waals surface area contributed by atoms with Gasteiger partial charge < -0.3 is 4.74 Å². The van der Waals surface area contributed by atoms with E-state index in [2.05, 4.69) is 4.98 Å². The third-order valence-electron chi connectivity index (χ3n) is 2.87. The van der Waals surface area contributed by atoms with Crippen LogP contribution in [0.2, 0.25) is 0 Å². The van der Waals surface area contributed by atoms with Crippen LogP contribution in [0.4, 0.5) is 5.69 Å². The van der Waals surface area contributed by atoms with Crippen LogP contribution in [-0.4, -0.2) is 29.0 Å². The number of nitrogens with zero attached hydrogens (tertiary/aromatic N) is 2. The molecule has 2 rings (SSSR count). The Morgan fingerprint density at radius 2 is 2.21 bits per heavy atom. The van der Waals surface area contributed by atoms with Crippen LogP contribution in [-0.2, 0) is 11.2 Å². The molecule has 19 heavy (non-hydrogen) atoms. The smallest absolute Gasteiger partial charge is 0.278 e. The lowest BCUT2D eigenvalue weighted by atomic mass is 10.0. The molecule has 1 unspecified atom stereocenters. The van der Waals surface area contributed by atoms with Crippen molar-refractivity contribution in [2.75, 3.05) is 13.7 Å². The third-order valence-corrected chi connectivity index (χ3v) is 3.15. The highest BCUT2D eigenvalue weighted by molar-refractivity contribution is 6.21. The fraction of sp³-hybridized carbons (Fsp3) is 0.308. The van der Waals surface area contributed by atoms with Crippen molar-refractivity contribution in [2.24, 2.45) is 0 Å². The number of methoxy groups -OCH3 is 1. The number of non-ortho nitro benzene ring substituents is 1. The largest absolute Gasteiger partial charge is 0.383 e. The molecule has 1 atom stereocenters. The molecule has 1 heterocycles. The maximum absolute atomic E-state index is 11.0. The first-order valence-corrected chi connectivity index (χ1v) is 6.20. The fourth-order valence-corrected chi connectivity index (χ4v) is 2.35. The van der Waals surface area contributed by atoms with Gasteiger partial charge in [0.05, 0.1) is 22.3 Å². The van der Waals surface area contributed by atoms with E-state index in [0.29, 0.717) is 18.4 Å². The van der Waals surface area contributed by atoms with Gasteiger partial charge in [0.25, 0.3) is 5.69 Å². The molecule has 2 aromatic rings. The lowest BCUT2D eigenvalue weighted by Gasteiger charge is -2.10. The Bertz CT molecular complexity index is 603. The Hall–Kier alpha value is -1.72. The molecule has 0 fully saturated rings. The molecule has 0 N–H and O–H groups in total. The highest BCUT2D eigenvalue weighted by Gasteiger charge is 2.16. The molecule has 0 saturated carbocycles. The van der Waals surface area contributed by atoms with Gasteiger partial charge in [0.15, 0.2) is 0 Å². The number of nitro groups is 1. The summed E-state index contributed by atoms with van der Waals surface area (Å²) in [6.07, 6.45) is 3.72. The second kappa shape index (κ2) is 5.95. The van der Waals surface area contributed by atoms with Gasteiger partial charge in [-0.2, -0.15) is 0 Å². The Labute approximate surface area is 115 Å². The summed E-state index contributed by atoms with van der Waals surface area (Å²) in [6, 6.07) is 5.01. The highest BCUT2D eigenvalue weighted by Crippen LogP contribution is 2.28. The van der Waals surface area contributed by atoms with E-state index in [4.69, 9.17) is 16.3 Å². The molecule has 5 nitrogen and oxygen atoms in total. The van der Waals surface area contributed by atoms with E-state index in [-0.39, 0.29) is 11.1 Å². The summed E-state index contributed by atoms with van der Waals surface area (Å²) in [5, 5.41) is 12.2. The molecule has 1 aromatic carbocycles. The molecule has 0 aliphatic carbocycles. The predicted octanol–water partition coefficient (Wildman–Crippen LogP) is 2.94. The molecule has 0 spiro atoms. The number of hydrogen-bond donors (Lipinski definition) is 0. The van der Waals surface area contributed by atoms with Crippen LogP contribution in [0.3, 0.4) is 0 Å². The van der Waals surface area contributed by atoms with Crippen molar-refractivity contribution in [3.8, 4) is 0 Å². The molecule has 0 radical (unpaired) electrons. The molecule has 6 heteroatoms. The van der Waals surface area contributed by atoms with Gasteiger partial charge >= 0.3 is 0 Å². The number of rotatable bonds is 5. The summed E-state index contributed by atoms with van der Waals surface area (Å²) < 4.78 is 5.00. The van der Waals surface area contributed by atoms with E-state index in [9.17, 15) is 10.1 Å². The van der Waals surface area contributed by atoms with Gasteiger partial charge in [-0.25, -0.2) is 0 Å². The summed E-state index contributed by atoms with van der Waals surface area (Å²) >= 11 is 6.14.